The second-order valence-corrected chi connectivity index (χ2v) is 17.5. The van der Waals surface area contributed by atoms with Crippen molar-refractivity contribution >= 4 is 11.9 Å². The summed E-state index contributed by atoms with van der Waals surface area (Å²) in [6, 6.07) is -0.648. The number of amides is 1. The van der Waals surface area contributed by atoms with Gasteiger partial charge in [-0.05, 0) is 57.8 Å². The third kappa shape index (κ3) is 43.9. The van der Waals surface area contributed by atoms with Crippen LogP contribution < -0.4 is 5.32 Å². The third-order valence-corrected chi connectivity index (χ3v) is 11.7. The fourth-order valence-electron chi connectivity index (χ4n) is 7.74. The van der Waals surface area contributed by atoms with Crippen LogP contribution in [0.5, 0.6) is 0 Å². The van der Waals surface area contributed by atoms with Crippen LogP contribution in [0, 0.1) is 0 Å². The molecule has 0 rings (SSSR count). The number of ether oxygens (including phenoxy) is 1. The van der Waals surface area contributed by atoms with Gasteiger partial charge in [-0.15, -0.1) is 0 Å². The topological polar surface area (TPSA) is 95.9 Å². The average Bonchev–Trinajstić information content (AvgIpc) is 3.22. The van der Waals surface area contributed by atoms with Crippen molar-refractivity contribution in [1.29, 1.82) is 0 Å². The molecule has 0 saturated heterocycles. The molecule has 1 amide bonds. The van der Waals surface area contributed by atoms with E-state index in [1.54, 1.807) is 6.08 Å². The van der Waals surface area contributed by atoms with Crippen molar-refractivity contribution < 1.29 is 24.5 Å². The van der Waals surface area contributed by atoms with Gasteiger partial charge in [0.2, 0.25) is 5.91 Å². The van der Waals surface area contributed by atoms with Crippen LogP contribution in [0.25, 0.3) is 0 Å². The summed E-state index contributed by atoms with van der Waals surface area (Å²) in [5.41, 5.74) is 0. The second-order valence-electron chi connectivity index (χ2n) is 17.5. The number of carbonyl (C=O) groups excluding carboxylic acids is 2. The fraction of sp³-hybridized carbons (Fsp3) is 0.885. The zero-order valence-corrected chi connectivity index (χ0v) is 38.8. The normalized spacial score (nSPS) is 12.8. The highest BCUT2D eigenvalue weighted by Gasteiger charge is 2.18. The molecule has 0 aliphatic carbocycles. The number of hydrogen-bond donors (Lipinski definition) is 3. The van der Waals surface area contributed by atoms with E-state index in [1.807, 2.05) is 6.08 Å². The van der Waals surface area contributed by atoms with Gasteiger partial charge >= 0.3 is 5.97 Å². The number of carbonyl (C=O) groups is 2. The van der Waals surface area contributed by atoms with Crippen LogP contribution >= 0.6 is 0 Å². The highest BCUT2D eigenvalue weighted by molar-refractivity contribution is 5.76. The molecule has 0 aromatic rings. The molecular formula is C52H99NO5. The number of allylic oxidation sites excluding steroid dienone is 3. The molecule has 3 N–H and O–H groups in total. The minimum atomic E-state index is -0.862. The molecule has 0 bridgehead atoms. The largest absolute Gasteiger partial charge is 0.466 e. The Morgan fingerprint density at radius 2 is 0.810 bits per heavy atom. The SMILES string of the molecule is CCCCCCC/C=C\CCCCCCCC(=O)OCCCCCCCCCCCC(=O)NC(CO)C(O)/C=C/CCCCCCCCCCCCCCCCCC. The number of esters is 1. The first-order chi connectivity index (χ1) is 28.5. The van der Waals surface area contributed by atoms with E-state index in [0.717, 1.165) is 57.8 Å². The molecule has 0 aromatic heterocycles. The lowest BCUT2D eigenvalue weighted by Crippen LogP contribution is -2.45. The molecule has 2 atom stereocenters. The Bertz CT molecular complexity index is 904. The van der Waals surface area contributed by atoms with E-state index in [0.29, 0.717) is 19.4 Å². The molecule has 58 heavy (non-hydrogen) atoms. The predicted molar refractivity (Wildman–Crippen MR) is 250 cm³/mol. The van der Waals surface area contributed by atoms with Gasteiger partial charge in [0.1, 0.15) is 0 Å². The molecular weight excluding hydrogens is 719 g/mol. The van der Waals surface area contributed by atoms with Crippen LogP contribution in [0.4, 0.5) is 0 Å². The van der Waals surface area contributed by atoms with Gasteiger partial charge in [0.15, 0.2) is 0 Å². The van der Waals surface area contributed by atoms with Crippen LogP contribution in [0.15, 0.2) is 24.3 Å². The van der Waals surface area contributed by atoms with Gasteiger partial charge < -0.3 is 20.3 Å². The highest BCUT2D eigenvalue weighted by atomic mass is 16.5. The molecule has 0 spiro atoms. The lowest BCUT2D eigenvalue weighted by atomic mass is 10.0. The minimum Gasteiger partial charge on any atom is -0.466 e. The molecule has 0 saturated carbocycles. The van der Waals surface area contributed by atoms with Gasteiger partial charge in [-0.2, -0.15) is 0 Å². The standard InChI is InChI=1S/C52H99NO5/c1-3-5-7-9-11-13-15-17-19-20-21-22-23-25-28-32-36-40-44-50(55)49(48-54)53-51(56)45-41-37-33-29-27-31-35-39-43-47-58-52(57)46-42-38-34-30-26-24-18-16-14-12-10-8-6-4-2/h16,18,40,44,49-50,54-55H,3-15,17,19-39,41-43,45-48H2,1-2H3,(H,53,56)/b18-16-,44-40+. The summed E-state index contributed by atoms with van der Waals surface area (Å²) in [4.78, 5) is 24.5. The molecule has 342 valence electrons. The number of aliphatic hydroxyl groups is 2. The van der Waals surface area contributed by atoms with E-state index in [4.69, 9.17) is 4.74 Å². The van der Waals surface area contributed by atoms with E-state index in [2.05, 4.69) is 31.3 Å². The first-order valence-corrected chi connectivity index (χ1v) is 25.6. The summed E-state index contributed by atoms with van der Waals surface area (Å²) in [6.45, 7) is 4.83. The maximum atomic E-state index is 12.4. The minimum absolute atomic E-state index is 0.0358. The summed E-state index contributed by atoms with van der Waals surface area (Å²) in [6.07, 6.45) is 56.0. The van der Waals surface area contributed by atoms with E-state index < -0.39 is 12.1 Å². The van der Waals surface area contributed by atoms with Crippen molar-refractivity contribution in [1.82, 2.24) is 5.32 Å². The Hall–Kier alpha value is -1.66. The van der Waals surface area contributed by atoms with Crippen LogP contribution in [0.3, 0.4) is 0 Å². The molecule has 0 heterocycles. The van der Waals surface area contributed by atoms with Crippen LogP contribution in [0.1, 0.15) is 271 Å². The van der Waals surface area contributed by atoms with Gasteiger partial charge in [0.25, 0.3) is 0 Å². The van der Waals surface area contributed by atoms with E-state index >= 15 is 0 Å². The number of hydrogen-bond acceptors (Lipinski definition) is 5. The number of rotatable bonds is 47. The van der Waals surface area contributed by atoms with Gasteiger partial charge in [-0.1, -0.05) is 224 Å². The van der Waals surface area contributed by atoms with E-state index in [-0.39, 0.29) is 18.5 Å². The van der Waals surface area contributed by atoms with Crippen LogP contribution in [0.2, 0.25) is 0 Å². The van der Waals surface area contributed by atoms with Gasteiger partial charge in [-0.3, -0.25) is 9.59 Å². The zero-order chi connectivity index (χ0) is 42.3. The lowest BCUT2D eigenvalue weighted by Gasteiger charge is -2.20. The summed E-state index contributed by atoms with van der Waals surface area (Å²) in [7, 11) is 0. The smallest absolute Gasteiger partial charge is 0.305 e. The summed E-state index contributed by atoms with van der Waals surface area (Å²) in [5, 5.41) is 23.1. The quantitative estimate of drug-likeness (QED) is 0.0323. The molecule has 6 heteroatoms. The van der Waals surface area contributed by atoms with Gasteiger partial charge in [0.05, 0.1) is 25.4 Å². The van der Waals surface area contributed by atoms with Gasteiger partial charge in [0, 0.05) is 12.8 Å². The number of unbranched alkanes of at least 4 members (excludes halogenated alkanes) is 34. The summed E-state index contributed by atoms with van der Waals surface area (Å²) < 4.78 is 5.44. The molecule has 0 aliphatic rings. The molecule has 0 fully saturated rings. The molecule has 0 aliphatic heterocycles. The maximum Gasteiger partial charge on any atom is 0.305 e. The predicted octanol–water partition coefficient (Wildman–Crippen LogP) is 15.1. The zero-order valence-electron chi connectivity index (χ0n) is 38.8. The molecule has 2 unspecified atom stereocenters. The number of nitrogens with one attached hydrogen (secondary N) is 1. The van der Waals surface area contributed by atoms with Crippen molar-refractivity contribution in [2.24, 2.45) is 0 Å². The number of aliphatic hydroxyl groups excluding tert-OH is 2. The Balaban J connectivity index is 3.54. The van der Waals surface area contributed by atoms with Crippen LogP contribution in [-0.2, 0) is 14.3 Å². The van der Waals surface area contributed by atoms with E-state index in [1.165, 1.54) is 186 Å². The van der Waals surface area contributed by atoms with Crippen molar-refractivity contribution in [2.75, 3.05) is 13.2 Å². The fourth-order valence-corrected chi connectivity index (χ4v) is 7.74. The maximum absolute atomic E-state index is 12.4. The second kappa shape index (κ2) is 48.0. The summed E-state index contributed by atoms with van der Waals surface area (Å²) in [5.74, 6) is -0.131. The van der Waals surface area contributed by atoms with Crippen molar-refractivity contribution in [3.8, 4) is 0 Å². The average molecular weight is 818 g/mol. The lowest BCUT2D eigenvalue weighted by molar-refractivity contribution is -0.143. The molecule has 0 radical (unpaired) electrons. The molecule has 0 aromatic carbocycles. The van der Waals surface area contributed by atoms with Gasteiger partial charge in [-0.25, -0.2) is 0 Å². The van der Waals surface area contributed by atoms with Crippen molar-refractivity contribution in [3.05, 3.63) is 24.3 Å². The Morgan fingerprint density at radius 3 is 1.22 bits per heavy atom. The first-order valence-electron chi connectivity index (χ1n) is 25.6. The Labute approximate surface area is 361 Å². The Kier molecular flexibility index (Phi) is 46.6. The summed E-state index contributed by atoms with van der Waals surface area (Å²) >= 11 is 0. The van der Waals surface area contributed by atoms with Crippen molar-refractivity contribution in [3.63, 3.8) is 0 Å². The van der Waals surface area contributed by atoms with Crippen LogP contribution in [-0.4, -0.2) is 47.4 Å². The molecule has 6 nitrogen and oxygen atoms in total. The van der Waals surface area contributed by atoms with E-state index in [9.17, 15) is 19.8 Å². The monoisotopic (exact) mass is 818 g/mol. The first kappa shape index (κ1) is 56.3. The highest BCUT2D eigenvalue weighted by Crippen LogP contribution is 2.16. The third-order valence-electron chi connectivity index (χ3n) is 11.7. The Morgan fingerprint density at radius 1 is 0.466 bits per heavy atom. The van der Waals surface area contributed by atoms with Crippen molar-refractivity contribution in [2.45, 2.75) is 283 Å².